The molecule has 4 N–H and O–H groups in total. The van der Waals surface area contributed by atoms with Crippen LogP contribution >= 0.6 is 0 Å². The van der Waals surface area contributed by atoms with Gasteiger partial charge in [-0.3, -0.25) is 4.79 Å². The number of amides is 5. The average molecular weight is 746 g/mol. The molecule has 1 aliphatic heterocycles. The molecule has 0 saturated heterocycles. The topological polar surface area (TPSA) is 132 Å². The van der Waals surface area contributed by atoms with Gasteiger partial charge in [-0.1, -0.05) is 79.7 Å². The zero-order valence-electron chi connectivity index (χ0n) is 32.0. The molecular weight excluding hydrogens is 695 g/mol. The second-order valence-corrected chi connectivity index (χ2v) is 14.5. The lowest BCUT2D eigenvalue weighted by Gasteiger charge is -2.35. The number of aliphatic hydroxyl groups excluding tert-OH is 1. The second-order valence-electron chi connectivity index (χ2n) is 14.5. The summed E-state index contributed by atoms with van der Waals surface area (Å²) < 4.78 is 12.8. The summed E-state index contributed by atoms with van der Waals surface area (Å²) in [5.41, 5.74) is 2.06. The SMILES string of the molecule is C[C@@H]1CN([C@@H](C)CO)C(=O)c2cc(NC(=O)Nc3cccc4ccccc34)ccc2O[C@@H](C)CCCCO[C@H]1CN(C)C(=O)Nc1cccc2ccccc12. The number of fused-ring (bicyclic) bond motifs is 3. The summed E-state index contributed by atoms with van der Waals surface area (Å²) in [7, 11) is 1.74. The molecule has 0 aliphatic carbocycles. The summed E-state index contributed by atoms with van der Waals surface area (Å²) in [4.78, 5) is 44.6. The Morgan fingerprint density at radius 1 is 0.855 bits per heavy atom. The molecule has 0 spiro atoms. The van der Waals surface area contributed by atoms with Gasteiger partial charge in [0, 0.05) is 49.1 Å². The Morgan fingerprint density at radius 3 is 2.16 bits per heavy atom. The Kier molecular flexibility index (Phi) is 12.9. The van der Waals surface area contributed by atoms with Gasteiger partial charge in [0.15, 0.2) is 0 Å². The number of hydrogen-bond donors (Lipinski definition) is 4. The summed E-state index contributed by atoms with van der Waals surface area (Å²) in [6.45, 7) is 6.48. The molecule has 55 heavy (non-hydrogen) atoms. The smallest absolute Gasteiger partial charge is 0.323 e. The molecule has 0 fully saturated rings. The van der Waals surface area contributed by atoms with Gasteiger partial charge in [0.1, 0.15) is 5.75 Å². The number of aliphatic hydroxyl groups is 1. The second kappa shape index (κ2) is 18.1. The first-order valence-electron chi connectivity index (χ1n) is 19.0. The van der Waals surface area contributed by atoms with Crippen molar-refractivity contribution in [1.29, 1.82) is 0 Å². The van der Waals surface area contributed by atoms with E-state index in [-0.39, 0.29) is 49.2 Å². The van der Waals surface area contributed by atoms with Crippen LogP contribution < -0.4 is 20.7 Å². The number of hydrogen-bond acceptors (Lipinski definition) is 6. The van der Waals surface area contributed by atoms with Crippen LogP contribution in [0.3, 0.4) is 0 Å². The lowest BCUT2D eigenvalue weighted by molar-refractivity contribution is -0.0115. The Bertz CT molecular complexity index is 2110. The zero-order valence-corrected chi connectivity index (χ0v) is 32.0. The lowest BCUT2D eigenvalue weighted by atomic mass is 10.0. The third kappa shape index (κ3) is 9.72. The summed E-state index contributed by atoms with van der Waals surface area (Å²) in [5.74, 6) is -0.189. The van der Waals surface area contributed by atoms with Gasteiger partial charge < -0.3 is 40.3 Å². The van der Waals surface area contributed by atoms with E-state index >= 15 is 0 Å². The standard InChI is InChI=1S/C44H51N5O6/c1-29-26-49(30(2)28-50)42(51)37-25-34(45-43(52)46-38-20-11-16-32-14-5-7-18-35(32)38)22-23-40(37)55-31(3)13-9-10-24-54-41(29)27-48(4)44(53)47-39-21-12-17-33-15-6-8-19-36(33)39/h5-8,11-12,14-23,25,29-31,41,50H,9-10,13,24,26-28H2,1-4H3,(H,47,53)(H2,45,46,52)/t29-,30+,31+,41+/m1/s1. The number of anilines is 3. The molecule has 288 valence electrons. The number of carbonyl (C=O) groups is 3. The van der Waals surface area contributed by atoms with Crippen molar-refractivity contribution in [2.75, 3.05) is 49.3 Å². The average Bonchev–Trinajstić information content (AvgIpc) is 3.19. The highest BCUT2D eigenvalue weighted by molar-refractivity contribution is 6.07. The Labute approximate surface area is 322 Å². The largest absolute Gasteiger partial charge is 0.490 e. The van der Waals surface area contributed by atoms with Crippen molar-refractivity contribution in [3.63, 3.8) is 0 Å². The molecule has 0 radical (unpaired) electrons. The van der Waals surface area contributed by atoms with Crippen LogP contribution in [0, 0.1) is 5.92 Å². The summed E-state index contributed by atoms with van der Waals surface area (Å²) in [6, 6.07) is 31.0. The number of nitrogens with zero attached hydrogens (tertiary/aromatic N) is 2. The molecule has 0 unspecified atom stereocenters. The minimum absolute atomic E-state index is 0.203. The molecular formula is C44H51N5O6. The minimum Gasteiger partial charge on any atom is -0.490 e. The molecule has 4 atom stereocenters. The number of carbonyl (C=O) groups excluding carboxylic acids is 3. The van der Waals surface area contributed by atoms with Gasteiger partial charge >= 0.3 is 12.1 Å². The summed E-state index contributed by atoms with van der Waals surface area (Å²) in [5, 5.41) is 23.1. The molecule has 6 rings (SSSR count). The highest BCUT2D eigenvalue weighted by atomic mass is 16.5. The first-order valence-corrected chi connectivity index (χ1v) is 19.0. The fourth-order valence-electron chi connectivity index (χ4n) is 6.98. The van der Waals surface area contributed by atoms with Gasteiger partial charge in [-0.15, -0.1) is 0 Å². The third-order valence-electron chi connectivity index (χ3n) is 10.2. The molecule has 5 aromatic carbocycles. The third-order valence-corrected chi connectivity index (χ3v) is 10.2. The normalized spacial score (nSPS) is 18.7. The van der Waals surface area contributed by atoms with Gasteiger partial charge in [-0.05, 0) is 74.2 Å². The van der Waals surface area contributed by atoms with E-state index < -0.39 is 18.2 Å². The maximum absolute atomic E-state index is 14.6. The molecule has 11 heteroatoms. The quantitative estimate of drug-likeness (QED) is 0.132. The van der Waals surface area contributed by atoms with E-state index in [0.29, 0.717) is 23.7 Å². The summed E-state index contributed by atoms with van der Waals surface area (Å²) >= 11 is 0. The molecule has 5 amide bonds. The monoisotopic (exact) mass is 745 g/mol. The van der Waals surface area contributed by atoms with Crippen LogP contribution in [0.1, 0.15) is 50.4 Å². The van der Waals surface area contributed by atoms with Crippen LogP contribution in [0.4, 0.5) is 26.7 Å². The number of likely N-dealkylation sites (N-methyl/N-ethyl adjacent to an activating group) is 1. The van der Waals surface area contributed by atoms with Gasteiger partial charge in [-0.2, -0.15) is 0 Å². The van der Waals surface area contributed by atoms with Crippen LogP contribution in [0.5, 0.6) is 5.75 Å². The fourth-order valence-corrected chi connectivity index (χ4v) is 6.98. The van der Waals surface area contributed by atoms with Crippen molar-refractivity contribution in [2.45, 2.75) is 58.3 Å². The van der Waals surface area contributed by atoms with Crippen molar-refractivity contribution in [3.05, 3.63) is 109 Å². The van der Waals surface area contributed by atoms with E-state index in [1.807, 2.05) is 98.8 Å². The Balaban J connectivity index is 1.22. The highest BCUT2D eigenvalue weighted by Crippen LogP contribution is 2.30. The Morgan fingerprint density at radius 2 is 1.49 bits per heavy atom. The van der Waals surface area contributed by atoms with Crippen molar-refractivity contribution in [2.24, 2.45) is 5.92 Å². The van der Waals surface area contributed by atoms with Crippen molar-refractivity contribution in [1.82, 2.24) is 9.80 Å². The van der Waals surface area contributed by atoms with Gasteiger partial charge in [0.25, 0.3) is 5.91 Å². The number of ether oxygens (including phenoxy) is 2. The number of urea groups is 2. The molecule has 1 aliphatic rings. The number of benzene rings is 5. The van der Waals surface area contributed by atoms with Crippen LogP contribution in [0.2, 0.25) is 0 Å². The van der Waals surface area contributed by atoms with Crippen LogP contribution in [0.15, 0.2) is 103 Å². The maximum atomic E-state index is 14.6. The van der Waals surface area contributed by atoms with Gasteiger partial charge in [0.2, 0.25) is 0 Å². The van der Waals surface area contributed by atoms with E-state index in [0.717, 1.165) is 46.5 Å². The van der Waals surface area contributed by atoms with Crippen LogP contribution in [-0.2, 0) is 4.74 Å². The van der Waals surface area contributed by atoms with E-state index in [1.165, 1.54) is 0 Å². The molecule has 11 nitrogen and oxygen atoms in total. The predicted molar refractivity (Wildman–Crippen MR) is 219 cm³/mol. The first kappa shape index (κ1) is 39.1. The molecule has 0 aromatic heterocycles. The van der Waals surface area contributed by atoms with Crippen molar-refractivity contribution < 1.29 is 29.0 Å². The van der Waals surface area contributed by atoms with Crippen LogP contribution in [0.25, 0.3) is 21.5 Å². The van der Waals surface area contributed by atoms with E-state index in [1.54, 1.807) is 42.0 Å². The molecule has 5 aromatic rings. The first-order chi connectivity index (χ1) is 26.6. The zero-order chi connectivity index (χ0) is 38.9. The minimum atomic E-state index is -0.549. The number of nitrogens with one attached hydrogen (secondary N) is 3. The predicted octanol–water partition coefficient (Wildman–Crippen LogP) is 8.60. The van der Waals surface area contributed by atoms with E-state index in [9.17, 15) is 19.5 Å². The van der Waals surface area contributed by atoms with E-state index in [2.05, 4.69) is 16.0 Å². The number of rotatable bonds is 7. The molecule has 1 heterocycles. The van der Waals surface area contributed by atoms with Gasteiger partial charge in [-0.25, -0.2) is 9.59 Å². The van der Waals surface area contributed by atoms with E-state index in [4.69, 9.17) is 9.47 Å². The molecule has 0 saturated carbocycles. The summed E-state index contributed by atoms with van der Waals surface area (Å²) in [6.07, 6.45) is 1.75. The lowest BCUT2D eigenvalue weighted by Crippen LogP contribution is -2.48. The Hall–Kier alpha value is -5.65. The highest BCUT2D eigenvalue weighted by Gasteiger charge is 2.31. The maximum Gasteiger partial charge on any atom is 0.323 e. The fraction of sp³-hybridized carbons (Fsp3) is 0.341. The van der Waals surface area contributed by atoms with Crippen molar-refractivity contribution >= 4 is 56.6 Å². The molecule has 0 bridgehead atoms. The van der Waals surface area contributed by atoms with Gasteiger partial charge in [0.05, 0.1) is 41.8 Å². The van der Waals surface area contributed by atoms with Crippen molar-refractivity contribution in [3.8, 4) is 5.75 Å². The van der Waals surface area contributed by atoms with Crippen LogP contribution in [-0.4, -0.2) is 84.5 Å².